The Bertz CT molecular complexity index is 711. The second-order valence-corrected chi connectivity index (χ2v) is 10.1. The van der Waals surface area contributed by atoms with Crippen LogP contribution in [0.3, 0.4) is 0 Å². The van der Waals surface area contributed by atoms with E-state index in [0.29, 0.717) is 30.0 Å². The fourth-order valence-electron chi connectivity index (χ4n) is 7.77. The molecule has 4 heteroatoms. The average Bonchev–Trinajstić information content (AvgIpc) is 3.29. The number of rotatable bonds is 1. The number of aliphatic hydroxyl groups excluding tert-OH is 1. The molecule has 0 aliphatic heterocycles. The van der Waals surface area contributed by atoms with Crippen LogP contribution in [0.4, 0.5) is 0 Å². The predicted octanol–water partition coefficient (Wildman–Crippen LogP) is 3.28. The standard InChI is InChI=1S/C22H30O4/c1-11(23)26-13-6-7-21(2)12(8-13)4-5-14-18-15-9-16(15)20(25)22(18,3)10-17(24)19(14)21/h4,13-19,24H,5-10H2,1-3H3/t13-,14-,15+,16-,17-,18+,19+,21-,22-/m0/s1. The molecule has 5 aliphatic rings. The summed E-state index contributed by atoms with van der Waals surface area (Å²) >= 11 is 0. The lowest BCUT2D eigenvalue weighted by Gasteiger charge is -2.59. The molecule has 0 saturated heterocycles. The highest BCUT2D eigenvalue weighted by Crippen LogP contribution is 2.71. The number of allylic oxidation sites excluding steroid dienone is 1. The number of carbonyl (C=O) groups is 2. The van der Waals surface area contributed by atoms with Gasteiger partial charge in [-0.1, -0.05) is 25.5 Å². The van der Waals surface area contributed by atoms with Crippen molar-refractivity contribution in [2.24, 2.45) is 40.4 Å². The van der Waals surface area contributed by atoms with Crippen LogP contribution in [0.2, 0.25) is 0 Å². The molecule has 4 saturated carbocycles. The molecule has 0 aromatic rings. The van der Waals surface area contributed by atoms with E-state index in [2.05, 4.69) is 19.9 Å². The van der Waals surface area contributed by atoms with Crippen LogP contribution in [-0.2, 0) is 14.3 Å². The first kappa shape index (κ1) is 17.0. The van der Waals surface area contributed by atoms with Crippen molar-refractivity contribution in [3.8, 4) is 0 Å². The molecule has 0 spiro atoms. The van der Waals surface area contributed by atoms with E-state index in [1.54, 1.807) is 0 Å². The molecule has 0 unspecified atom stereocenters. The Balaban J connectivity index is 1.48. The molecule has 142 valence electrons. The summed E-state index contributed by atoms with van der Waals surface area (Å²) in [6.07, 6.45) is 7.28. The highest BCUT2D eigenvalue weighted by atomic mass is 16.5. The van der Waals surface area contributed by atoms with Gasteiger partial charge in [0.25, 0.3) is 0 Å². The number of aliphatic hydroxyl groups is 1. The van der Waals surface area contributed by atoms with E-state index < -0.39 is 6.10 Å². The summed E-state index contributed by atoms with van der Waals surface area (Å²) in [6.45, 7) is 5.92. The first-order valence-corrected chi connectivity index (χ1v) is 10.3. The summed E-state index contributed by atoms with van der Waals surface area (Å²) in [5.74, 6) is 2.20. The normalized spacial score (nSPS) is 54.4. The summed E-state index contributed by atoms with van der Waals surface area (Å²) in [5, 5.41) is 11.2. The summed E-state index contributed by atoms with van der Waals surface area (Å²) in [6, 6.07) is 0. The Morgan fingerprint density at radius 3 is 2.73 bits per heavy atom. The summed E-state index contributed by atoms with van der Waals surface area (Å²) in [5.41, 5.74) is 1.05. The third-order valence-electron chi connectivity index (χ3n) is 8.78. The van der Waals surface area contributed by atoms with Gasteiger partial charge in [-0.25, -0.2) is 0 Å². The van der Waals surface area contributed by atoms with Gasteiger partial charge in [0, 0.05) is 24.7 Å². The monoisotopic (exact) mass is 358 g/mol. The first-order valence-electron chi connectivity index (χ1n) is 10.3. The van der Waals surface area contributed by atoms with Crippen molar-refractivity contribution in [2.45, 2.75) is 71.5 Å². The predicted molar refractivity (Wildman–Crippen MR) is 96.0 cm³/mol. The maximum atomic E-state index is 12.9. The molecule has 5 aliphatic carbocycles. The minimum absolute atomic E-state index is 0.0175. The van der Waals surface area contributed by atoms with Crippen molar-refractivity contribution < 1.29 is 19.4 Å². The van der Waals surface area contributed by atoms with E-state index in [0.717, 1.165) is 32.1 Å². The van der Waals surface area contributed by atoms with Crippen LogP contribution in [0, 0.1) is 40.4 Å². The fraction of sp³-hybridized carbons (Fsp3) is 0.818. The van der Waals surface area contributed by atoms with Gasteiger partial charge in [-0.05, 0) is 61.2 Å². The number of Topliss-reactive ketones (excluding diaryl/α,β-unsaturated/α-hetero) is 1. The Labute approximate surface area is 155 Å². The van der Waals surface area contributed by atoms with Crippen LogP contribution in [0.15, 0.2) is 11.6 Å². The van der Waals surface area contributed by atoms with Crippen LogP contribution in [0.1, 0.15) is 59.3 Å². The van der Waals surface area contributed by atoms with E-state index in [9.17, 15) is 14.7 Å². The van der Waals surface area contributed by atoms with Gasteiger partial charge in [0.1, 0.15) is 11.9 Å². The highest BCUT2D eigenvalue weighted by Gasteiger charge is 2.71. The quantitative estimate of drug-likeness (QED) is 0.577. The number of hydrogen-bond acceptors (Lipinski definition) is 4. The molecule has 4 nitrogen and oxygen atoms in total. The van der Waals surface area contributed by atoms with Gasteiger partial charge in [-0.2, -0.15) is 0 Å². The lowest BCUT2D eigenvalue weighted by molar-refractivity contribution is -0.155. The second-order valence-electron chi connectivity index (χ2n) is 10.1. The van der Waals surface area contributed by atoms with Gasteiger partial charge in [-0.3, -0.25) is 9.59 Å². The molecule has 4 fully saturated rings. The van der Waals surface area contributed by atoms with Crippen LogP contribution in [-0.4, -0.2) is 29.1 Å². The Morgan fingerprint density at radius 1 is 1.23 bits per heavy atom. The Morgan fingerprint density at radius 2 is 2.00 bits per heavy atom. The zero-order chi connectivity index (χ0) is 18.4. The highest BCUT2D eigenvalue weighted by molar-refractivity contribution is 5.93. The Kier molecular flexibility index (Phi) is 3.40. The van der Waals surface area contributed by atoms with Crippen molar-refractivity contribution in [3.05, 3.63) is 11.6 Å². The van der Waals surface area contributed by atoms with E-state index in [-0.39, 0.29) is 34.7 Å². The third kappa shape index (κ3) is 2.05. The maximum absolute atomic E-state index is 12.9. The van der Waals surface area contributed by atoms with Gasteiger partial charge < -0.3 is 9.84 Å². The molecule has 0 radical (unpaired) electrons. The molecule has 0 amide bonds. The van der Waals surface area contributed by atoms with Crippen LogP contribution >= 0.6 is 0 Å². The number of ether oxygens (including phenoxy) is 1. The van der Waals surface area contributed by atoms with E-state index in [4.69, 9.17) is 4.74 Å². The average molecular weight is 358 g/mol. The van der Waals surface area contributed by atoms with Crippen LogP contribution in [0.5, 0.6) is 0 Å². The van der Waals surface area contributed by atoms with Crippen molar-refractivity contribution in [1.82, 2.24) is 0 Å². The third-order valence-corrected chi connectivity index (χ3v) is 8.78. The molecule has 0 heterocycles. The van der Waals surface area contributed by atoms with Crippen molar-refractivity contribution in [2.75, 3.05) is 0 Å². The number of ketones is 1. The SMILES string of the molecule is CC(=O)O[C@H]1CC[C@@]2(C)C(=CC[C@@H]3[C@@H]2[C@@H](O)C[C@]2(C)C(=O)[C@H]4C[C@H]4[C@@H]32)C1. The van der Waals surface area contributed by atoms with Crippen LogP contribution in [0.25, 0.3) is 0 Å². The minimum Gasteiger partial charge on any atom is -0.462 e. The van der Waals surface area contributed by atoms with Gasteiger partial charge in [0.05, 0.1) is 6.10 Å². The molecule has 0 aromatic carbocycles. The number of fused-ring (bicyclic) bond motifs is 7. The van der Waals surface area contributed by atoms with E-state index in [1.807, 2.05) is 0 Å². The number of esters is 1. The minimum atomic E-state index is -0.401. The summed E-state index contributed by atoms with van der Waals surface area (Å²) < 4.78 is 5.48. The molecule has 9 atom stereocenters. The van der Waals surface area contributed by atoms with Gasteiger partial charge in [0.2, 0.25) is 0 Å². The van der Waals surface area contributed by atoms with Crippen molar-refractivity contribution in [3.63, 3.8) is 0 Å². The Hall–Kier alpha value is -1.16. The maximum Gasteiger partial charge on any atom is 0.302 e. The topological polar surface area (TPSA) is 63.6 Å². The largest absolute Gasteiger partial charge is 0.462 e. The zero-order valence-corrected chi connectivity index (χ0v) is 16.0. The van der Waals surface area contributed by atoms with Gasteiger partial charge in [0.15, 0.2) is 0 Å². The second kappa shape index (κ2) is 5.21. The molecule has 5 rings (SSSR count). The summed E-state index contributed by atoms with van der Waals surface area (Å²) in [7, 11) is 0. The smallest absolute Gasteiger partial charge is 0.302 e. The van der Waals surface area contributed by atoms with E-state index >= 15 is 0 Å². The molecule has 0 aromatic heterocycles. The van der Waals surface area contributed by atoms with Crippen molar-refractivity contribution in [1.29, 1.82) is 0 Å². The van der Waals surface area contributed by atoms with Gasteiger partial charge >= 0.3 is 5.97 Å². The molecule has 0 bridgehead atoms. The number of carbonyl (C=O) groups excluding carboxylic acids is 2. The molecule has 1 N–H and O–H groups in total. The van der Waals surface area contributed by atoms with Gasteiger partial charge in [-0.15, -0.1) is 0 Å². The van der Waals surface area contributed by atoms with Crippen LogP contribution < -0.4 is 0 Å². The first-order chi connectivity index (χ1) is 12.3. The lowest BCUT2D eigenvalue weighted by atomic mass is 9.46. The molecular weight excluding hydrogens is 328 g/mol. The summed E-state index contributed by atoms with van der Waals surface area (Å²) in [4.78, 5) is 24.2. The van der Waals surface area contributed by atoms with E-state index in [1.165, 1.54) is 12.5 Å². The van der Waals surface area contributed by atoms with Crippen molar-refractivity contribution >= 4 is 11.8 Å². The fourth-order valence-corrected chi connectivity index (χ4v) is 7.77. The lowest BCUT2D eigenvalue weighted by Crippen LogP contribution is -2.57. The molecule has 26 heavy (non-hydrogen) atoms. The number of hydrogen-bond donors (Lipinski definition) is 1. The zero-order valence-electron chi connectivity index (χ0n) is 16.0. The molecular formula is C22H30O4.